The first-order valence-corrected chi connectivity index (χ1v) is 9.26. The summed E-state index contributed by atoms with van der Waals surface area (Å²) in [5.41, 5.74) is -0.541. The zero-order valence-corrected chi connectivity index (χ0v) is 17.4. The minimum Gasteiger partial charge on any atom is -0.465 e. The molecule has 0 radical (unpaired) electrons. The largest absolute Gasteiger partial charge is 0.465 e. The van der Waals surface area contributed by atoms with Gasteiger partial charge in [0.05, 0.1) is 7.11 Å². The molecule has 1 fully saturated rings. The highest BCUT2D eigenvalue weighted by Crippen LogP contribution is 2.24. The molecule has 0 aliphatic carbocycles. The van der Waals surface area contributed by atoms with Crippen LogP contribution >= 0.6 is 0 Å². The Morgan fingerprint density at radius 3 is 2.14 bits per heavy atom. The molecular weight excluding hydrogens is 367 g/mol. The van der Waals surface area contributed by atoms with Crippen molar-refractivity contribution in [2.75, 3.05) is 38.2 Å². The van der Waals surface area contributed by atoms with Gasteiger partial charge in [-0.3, -0.25) is 4.79 Å². The molecule has 1 aliphatic heterocycles. The van der Waals surface area contributed by atoms with Gasteiger partial charge in [-0.25, -0.2) is 14.0 Å². The van der Waals surface area contributed by atoms with Crippen molar-refractivity contribution in [3.8, 4) is 0 Å². The lowest BCUT2D eigenvalue weighted by Crippen LogP contribution is -2.50. The van der Waals surface area contributed by atoms with Gasteiger partial charge in [0.2, 0.25) is 0 Å². The molecule has 2 rings (SSSR count). The molecule has 0 bridgehead atoms. The molecule has 1 aliphatic rings. The number of rotatable bonds is 3. The van der Waals surface area contributed by atoms with Gasteiger partial charge in [-0.2, -0.15) is 0 Å². The second-order valence-corrected chi connectivity index (χ2v) is 6.96. The monoisotopic (exact) mass is 396 g/mol. The number of halogens is 1. The van der Waals surface area contributed by atoms with Crippen molar-refractivity contribution in [3.63, 3.8) is 0 Å². The first-order chi connectivity index (χ1) is 13.2. The van der Waals surface area contributed by atoms with Gasteiger partial charge in [-0.1, -0.05) is 13.8 Å². The van der Waals surface area contributed by atoms with Crippen LogP contribution in [-0.4, -0.2) is 62.1 Å². The van der Waals surface area contributed by atoms with Crippen molar-refractivity contribution >= 4 is 24.0 Å². The van der Waals surface area contributed by atoms with E-state index in [1.165, 1.54) is 12.1 Å². The first-order valence-electron chi connectivity index (χ1n) is 9.26. The van der Waals surface area contributed by atoms with E-state index in [0.717, 1.165) is 7.11 Å². The second-order valence-electron chi connectivity index (χ2n) is 6.96. The Morgan fingerprint density at radius 1 is 1.11 bits per heavy atom. The number of methoxy groups -OCH3 is 1. The summed E-state index contributed by atoms with van der Waals surface area (Å²) in [6.45, 7) is 11.1. The molecule has 1 aromatic carbocycles. The summed E-state index contributed by atoms with van der Waals surface area (Å²) in [6.07, 6.45) is 0.0356. The number of benzene rings is 1. The summed E-state index contributed by atoms with van der Waals surface area (Å²) in [5.74, 6) is -1.71. The number of carbonyl (C=O) groups excluding carboxylic acids is 3. The Balaban J connectivity index is 0.00000190. The summed E-state index contributed by atoms with van der Waals surface area (Å²) in [5, 5.41) is 0. The Hall–Kier alpha value is -2.64. The minimum atomic E-state index is -0.897. The third kappa shape index (κ3) is 5.94. The lowest BCUT2D eigenvalue weighted by molar-refractivity contribution is 0.0240. The van der Waals surface area contributed by atoms with E-state index in [9.17, 15) is 18.8 Å². The van der Waals surface area contributed by atoms with E-state index < -0.39 is 23.5 Å². The molecule has 0 unspecified atom stereocenters. The van der Waals surface area contributed by atoms with Crippen molar-refractivity contribution in [1.82, 2.24) is 4.90 Å². The van der Waals surface area contributed by atoms with Gasteiger partial charge in [0.15, 0.2) is 6.29 Å². The van der Waals surface area contributed by atoms with Gasteiger partial charge in [-0.15, -0.1) is 0 Å². The summed E-state index contributed by atoms with van der Waals surface area (Å²) in [7, 11) is 1.13. The minimum absolute atomic E-state index is 0.0681. The van der Waals surface area contributed by atoms with E-state index in [0.29, 0.717) is 38.2 Å². The Kier molecular flexibility index (Phi) is 8.40. The highest BCUT2D eigenvalue weighted by atomic mass is 19.1. The number of amides is 1. The number of ether oxygens (including phenoxy) is 2. The highest BCUT2D eigenvalue weighted by Gasteiger charge is 2.27. The van der Waals surface area contributed by atoms with Crippen molar-refractivity contribution < 1.29 is 28.2 Å². The molecule has 0 atom stereocenters. The van der Waals surface area contributed by atoms with Crippen LogP contribution in [0, 0.1) is 5.82 Å². The van der Waals surface area contributed by atoms with Crippen LogP contribution in [0.15, 0.2) is 12.1 Å². The maximum absolute atomic E-state index is 14.3. The van der Waals surface area contributed by atoms with Gasteiger partial charge in [0, 0.05) is 37.4 Å². The average molecular weight is 396 g/mol. The zero-order chi connectivity index (χ0) is 21.5. The fraction of sp³-hybridized carbons (Fsp3) is 0.550. The fourth-order valence-corrected chi connectivity index (χ4v) is 2.68. The molecule has 0 aromatic heterocycles. The van der Waals surface area contributed by atoms with Crippen LogP contribution in [0.5, 0.6) is 0 Å². The van der Waals surface area contributed by atoms with E-state index in [4.69, 9.17) is 4.74 Å². The van der Waals surface area contributed by atoms with Gasteiger partial charge in [0.25, 0.3) is 0 Å². The van der Waals surface area contributed by atoms with Gasteiger partial charge in [0.1, 0.15) is 17.0 Å². The van der Waals surface area contributed by atoms with Gasteiger partial charge < -0.3 is 19.3 Å². The Morgan fingerprint density at radius 2 is 1.68 bits per heavy atom. The number of carbonyl (C=O) groups is 3. The quantitative estimate of drug-likeness (QED) is 0.575. The molecule has 0 saturated carbocycles. The Bertz CT molecular complexity index is 707. The number of aldehydes is 1. The van der Waals surface area contributed by atoms with Gasteiger partial charge >= 0.3 is 12.1 Å². The average Bonchev–Trinajstić information content (AvgIpc) is 2.67. The van der Waals surface area contributed by atoms with Crippen LogP contribution in [0.1, 0.15) is 55.3 Å². The summed E-state index contributed by atoms with van der Waals surface area (Å²) >= 11 is 0. The van der Waals surface area contributed by atoms with E-state index in [1.807, 2.05) is 18.7 Å². The van der Waals surface area contributed by atoms with Crippen LogP contribution in [0.4, 0.5) is 14.9 Å². The normalized spacial score (nSPS) is 14.0. The number of piperazine rings is 1. The number of hydrogen-bond donors (Lipinski definition) is 0. The third-order valence-corrected chi connectivity index (χ3v) is 3.92. The summed E-state index contributed by atoms with van der Waals surface area (Å²) in [4.78, 5) is 38.4. The molecule has 1 aromatic rings. The zero-order valence-electron chi connectivity index (χ0n) is 17.4. The summed E-state index contributed by atoms with van der Waals surface area (Å²) in [6, 6.07) is 2.65. The van der Waals surface area contributed by atoms with Crippen LogP contribution in [-0.2, 0) is 9.47 Å². The highest BCUT2D eigenvalue weighted by molar-refractivity contribution is 5.99. The van der Waals surface area contributed by atoms with E-state index in [2.05, 4.69) is 4.74 Å². The molecule has 156 valence electrons. The lowest BCUT2D eigenvalue weighted by Gasteiger charge is -2.36. The lowest BCUT2D eigenvalue weighted by atomic mass is 10.1. The molecule has 1 saturated heterocycles. The predicted molar refractivity (Wildman–Crippen MR) is 104 cm³/mol. The molecule has 28 heavy (non-hydrogen) atoms. The first kappa shape index (κ1) is 23.4. The maximum atomic E-state index is 14.3. The second kappa shape index (κ2) is 10.1. The van der Waals surface area contributed by atoms with Gasteiger partial charge in [-0.05, 0) is 32.9 Å². The van der Waals surface area contributed by atoms with Crippen molar-refractivity contribution in [1.29, 1.82) is 0 Å². The predicted octanol–water partition coefficient (Wildman–Crippen LogP) is 3.51. The van der Waals surface area contributed by atoms with Crippen LogP contribution < -0.4 is 4.90 Å². The number of hydrogen-bond acceptors (Lipinski definition) is 6. The number of esters is 1. The Labute approximate surface area is 165 Å². The van der Waals surface area contributed by atoms with Crippen LogP contribution in [0.3, 0.4) is 0 Å². The number of nitrogens with zero attached hydrogens (tertiary/aromatic N) is 2. The molecule has 7 nitrogen and oxygen atoms in total. The number of anilines is 1. The van der Waals surface area contributed by atoms with Crippen molar-refractivity contribution in [2.45, 2.75) is 40.2 Å². The van der Waals surface area contributed by atoms with Crippen LogP contribution in [0.2, 0.25) is 0 Å². The maximum Gasteiger partial charge on any atom is 0.410 e. The summed E-state index contributed by atoms with van der Waals surface area (Å²) < 4.78 is 24.2. The molecule has 0 N–H and O–H groups in total. The molecule has 1 amide bonds. The molecule has 0 spiro atoms. The topological polar surface area (TPSA) is 76.2 Å². The van der Waals surface area contributed by atoms with Crippen LogP contribution in [0.25, 0.3) is 0 Å². The SMILES string of the molecule is CC.COC(=O)c1c(F)cc(N2CCN(C(=O)OC(C)(C)C)CC2)cc1C=O. The van der Waals surface area contributed by atoms with E-state index in [-0.39, 0.29) is 11.1 Å². The standard InChI is InChI=1S/C18H23FN2O5.C2H6/c1-18(2,3)26-17(24)21-7-5-20(6-8-21)13-9-12(11-22)15(14(19)10-13)16(23)25-4;1-2/h9-11H,5-8H2,1-4H3;1-2H3. The molecule has 8 heteroatoms. The molecular formula is C20H29FN2O5. The smallest absolute Gasteiger partial charge is 0.410 e. The third-order valence-electron chi connectivity index (χ3n) is 3.92. The van der Waals surface area contributed by atoms with E-state index in [1.54, 1.807) is 25.7 Å². The fourth-order valence-electron chi connectivity index (χ4n) is 2.68. The van der Waals surface area contributed by atoms with Crippen molar-refractivity contribution in [3.05, 3.63) is 29.1 Å². The molecule has 1 heterocycles. The van der Waals surface area contributed by atoms with E-state index >= 15 is 0 Å². The van der Waals surface area contributed by atoms with Crippen molar-refractivity contribution in [2.24, 2.45) is 0 Å².